The zero-order valence-corrected chi connectivity index (χ0v) is 14.8. The summed E-state index contributed by atoms with van der Waals surface area (Å²) >= 11 is 0. The second-order valence-electron chi connectivity index (χ2n) is 6.75. The molecule has 0 unspecified atom stereocenters. The Kier molecular flexibility index (Phi) is 5.08. The SMILES string of the molecule is OCCN1CCC(CNc2cc(-c3ccccc3)nc3ncnn23)CC1. The third kappa shape index (κ3) is 3.68. The van der Waals surface area contributed by atoms with Gasteiger partial charge in [0.2, 0.25) is 0 Å². The first-order chi connectivity index (χ1) is 12.8. The lowest BCUT2D eigenvalue weighted by molar-refractivity contribution is 0.151. The maximum absolute atomic E-state index is 9.06. The van der Waals surface area contributed by atoms with Gasteiger partial charge in [-0.1, -0.05) is 30.3 Å². The summed E-state index contributed by atoms with van der Waals surface area (Å²) in [5, 5.41) is 16.9. The van der Waals surface area contributed by atoms with Crippen LogP contribution >= 0.6 is 0 Å². The van der Waals surface area contributed by atoms with Crippen LogP contribution in [0.5, 0.6) is 0 Å². The van der Waals surface area contributed by atoms with E-state index in [-0.39, 0.29) is 6.61 Å². The van der Waals surface area contributed by atoms with Crippen LogP contribution in [0.3, 0.4) is 0 Å². The van der Waals surface area contributed by atoms with Crippen molar-refractivity contribution in [3.8, 4) is 11.3 Å². The van der Waals surface area contributed by atoms with Crippen LogP contribution in [0.15, 0.2) is 42.7 Å². The maximum atomic E-state index is 9.06. The first-order valence-corrected chi connectivity index (χ1v) is 9.17. The highest BCUT2D eigenvalue weighted by Gasteiger charge is 2.19. The molecule has 1 aliphatic heterocycles. The predicted molar refractivity (Wildman–Crippen MR) is 101 cm³/mol. The highest BCUT2D eigenvalue weighted by atomic mass is 16.3. The molecule has 0 aliphatic carbocycles. The predicted octanol–water partition coefficient (Wildman–Crippen LogP) is 1.91. The van der Waals surface area contributed by atoms with E-state index in [1.807, 2.05) is 24.3 Å². The largest absolute Gasteiger partial charge is 0.395 e. The molecule has 1 saturated heterocycles. The van der Waals surface area contributed by atoms with E-state index in [4.69, 9.17) is 5.11 Å². The zero-order valence-electron chi connectivity index (χ0n) is 14.8. The van der Waals surface area contributed by atoms with Crippen LogP contribution in [0.2, 0.25) is 0 Å². The molecule has 3 aromatic rings. The number of hydrogen-bond donors (Lipinski definition) is 2. The van der Waals surface area contributed by atoms with Gasteiger partial charge in [-0.3, -0.25) is 0 Å². The lowest BCUT2D eigenvalue weighted by Gasteiger charge is -2.31. The standard InChI is InChI=1S/C19H24N6O/c26-11-10-24-8-6-15(7-9-24)13-20-18-12-17(16-4-2-1-3-5-16)23-19-21-14-22-25(18)19/h1-5,12,14-15,20,26H,6-11,13H2. The van der Waals surface area contributed by atoms with Crippen molar-refractivity contribution in [2.45, 2.75) is 12.8 Å². The Balaban J connectivity index is 1.49. The number of nitrogens with one attached hydrogen (secondary N) is 1. The Hall–Kier alpha value is -2.51. The van der Waals surface area contributed by atoms with Crippen molar-refractivity contribution in [2.75, 3.05) is 38.1 Å². The molecular weight excluding hydrogens is 328 g/mol. The lowest BCUT2D eigenvalue weighted by atomic mass is 9.97. The van der Waals surface area contributed by atoms with E-state index >= 15 is 0 Å². The lowest BCUT2D eigenvalue weighted by Crippen LogP contribution is -2.37. The van der Waals surface area contributed by atoms with Gasteiger partial charge in [0.15, 0.2) is 0 Å². The Morgan fingerprint density at radius 1 is 1.15 bits per heavy atom. The summed E-state index contributed by atoms with van der Waals surface area (Å²) in [4.78, 5) is 11.2. The van der Waals surface area contributed by atoms with E-state index in [0.29, 0.717) is 11.7 Å². The molecule has 0 atom stereocenters. The fourth-order valence-corrected chi connectivity index (χ4v) is 3.50. The Bertz CT molecular complexity index is 842. The molecule has 1 fully saturated rings. The first-order valence-electron chi connectivity index (χ1n) is 9.17. The van der Waals surface area contributed by atoms with Crippen LogP contribution < -0.4 is 5.32 Å². The number of piperidine rings is 1. The van der Waals surface area contributed by atoms with Crippen LogP contribution in [0.4, 0.5) is 5.82 Å². The van der Waals surface area contributed by atoms with E-state index < -0.39 is 0 Å². The zero-order chi connectivity index (χ0) is 17.8. The van der Waals surface area contributed by atoms with Gasteiger partial charge < -0.3 is 15.3 Å². The average molecular weight is 352 g/mol. The highest BCUT2D eigenvalue weighted by Crippen LogP contribution is 2.23. The monoisotopic (exact) mass is 352 g/mol. The number of hydrogen-bond acceptors (Lipinski definition) is 6. The van der Waals surface area contributed by atoms with Gasteiger partial charge in [0, 0.05) is 24.7 Å². The molecule has 7 heteroatoms. The number of nitrogens with zero attached hydrogens (tertiary/aromatic N) is 5. The van der Waals surface area contributed by atoms with Crippen LogP contribution in [0.1, 0.15) is 12.8 Å². The molecule has 0 saturated carbocycles. The topological polar surface area (TPSA) is 78.6 Å². The Morgan fingerprint density at radius 3 is 2.73 bits per heavy atom. The fraction of sp³-hybridized carbons (Fsp3) is 0.421. The Labute approximate surface area is 152 Å². The molecule has 1 aromatic carbocycles. The summed E-state index contributed by atoms with van der Waals surface area (Å²) in [6, 6.07) is 12.2. The van der Waals surface area contributed by atoms with Crippen LogP contribution in [0.25, 0.3) is 17.0 Å². The van der Waals surface area contributed by atoms with E-state index in [0.717, 1.165) is 56.1 Å². The van der Waals surface area contributed by atoms with Crippen molar-refractivity contribution in [2.24, 2.45) is 5.92 Å². The molecule has 0 spiro atoms. The number of benzene rings is 1. The molecule has 26 heavy (non-hydrogen) atoms. The minimum atomic E-state index is 0.243. The van der Waals surface area contributed by atoms with E-state index in [2.05, 4.69) is 37.4 Å². The van der Waals surface area contributed by atoms with Gasteiger partial charge in [0.1, 0.15) is 12.1 Å². The third-order valence-corrected chi connectivity index (χ3v) is 5.02. The van der Waals surface area contributed by atoms with Gasteiger partial charge in [-0.2, -0.15) is 14.6 Å². The molecule has 0 amide bonds. The molecule has 2 aromatic heterocycles. The minimum Gasteiger partial charge on any atom is -0.395 e. The number of aliphatic hydroxyl groups excluding tert-OH is 1. The summed E-state index contributed by atoms with van der Waals surface area (Å²) < 4.78 is 1.76. The molecule has 7 nitrogen and oxygen atoms in total. The minimum absolute atomic E-state index is 0.243. The molecule has 0 radical (unpaired) electrons. The van der Waals surface area contributed by atoms with Crippen molar-refractivity contribution < 1.29 is 5.11 Å². The molecule has 3 heterocycles. The van der Waals surface area contributed by atoms with Crippen LogP contribution in [-0.2, 0) is 0 Å². The van der Waals surface area contributed by atoms with E-state index in [1.165, 1.54) is 6.33 Å². The van der Waals surface area contributed by atoms with Gasteiger partial charge >= 0.3 is 0 Å². The van der Waals surface area contributed by atoms with Crippen LogP contribution in [-0.4, -0.2) is 62.4 Å². The summed E-state index contributed by atoms with van der Waals surface area (Å²) in [5.74, 6) is 2.15. The van der Waals surface area contributed by atoms with Gasteiger partial charge in [-0.05, 0) is 31.8 Å². The molecular formula is C19H24N6O. The van der Waals surface area contributed by atoms with Crippen molar-refractivity contribution >= 4 is 11.6 Å². The van der Waals surface area contributed by atoms with E-state index in [9.17, 15) is 0 Å². The van der Waals surface area contributed by atoms with Crippen LogP contribution in [0, 0.1) is 5.92 Å². The molecule has 136 valence electrons. The second kappa shape index (κ2) is 7.80. The van der Waals surface area contributed by atoms with Crippen molar-refractivity contribution in [3.63, 3.8) is 0 Å². The quantitative estimate of drug-likeness (QED) is 0.706. The number of anilines is 1. The summed E-state index contributed by atoms with van der Waals surface area (Å²) in [7, 11) is 0. The maximum Gasteiger partial charge on any atom is 0.254 e. The van der Waals surface area contributed by atoms with Crippen molar-refractivity contribution in [1.29, 1.82) is 0 Å². The first kappa shape index (κ1) is 16.9. The highest BCUT2D eigenvalue weighted by molar-refractivity contribution is 5.65. The average Bonchev–Trinajstić information content (AvgIpc) is 3.17. The number of fused-ring (bicyclic) bond motifs is 1. The number of β-amino-alcohol motifs (C(OH)–C–C–N with tert-alkyl or cyclic N) is 1. The van der Waals surface area contributed by atoms with Crippen molar-refractivity contribution in [3.05, 3.63) is 42.7 Å². The summed E-state index contributed by atoms with van der Waals surface area (Å²) in [6.07, 6.45) is 3.82. The Morgan fingerprint density at radius 2 is 1.96 bits per heavy atom. The third-order valence-electron chi connectivity index (χ3n) is 5.02. The molecule has 4 rings (SSSR count). The second-order valence-corrected chi connectivity index (χ2v) is 6.75. The number of likely N-dealkylation sites (tertiary alicyclic amines) is 1. The van der Waals surface area contributed by atoms with Gasteiger partial charge in [0.25, 0.3) is 5.78 Å². The normalized spacial score (nSPS) is 16.2. The molecule has 2 N–H and O–H groups in total. The van der Waals surface area contributed by atoms with Gasteiger partial charge in [0.05, 0.1) is 12.3 Å². The van der Waals surface area contributed by atoms with Crippen molar-refractivity contribution in [1.82, 2.24) is 24.5 Å². The number of rotatable bonds is 6. The fourth-order valence-electron chi connectivity index (χ4n) is 3.50. The smallest absolute Gasteiger partial charge is 0.254 e. The van der Waals surface area contributed by atoms with Gasteiger partial charge in [-0.25, -0.2) is 4.98 Å². The number of aromatic nitrogens is 4. The number of aliphatic hydroxyl groups is 1. The summed E-state index contributed by atoms with van der Waals surface area (Å²) in [5.41, 5.74) is 1.96. The van der Waals surface area contributed by atoms with Gasteiger partial charge in [-0.15, -0.1) is 0 Å². The summed E-state index contributed by atoms with van der Waals surface area (Å²) in [6.45, 7) is 4.03. The van der Waals surface area contributed by atoms with E-state index in [1.54, 1.807) is 4.52 Å². The molecule has 1 aliphatic rings. The molecule has 0 bridgehead atoms.